The van der Waals surface area contributed by atoms with Gasteiger partial charge in [0.25, 0.3) is 0 Å². The fourth-order valence-electron chi connectivity index (χ4n) is 4.47. The Labute approximate surface area is 184 Å². The van der Waals surface area contributed by atoms with E-state index in [0.717, 1.165) is 57.3 Å². The van der Waals surface area contributed by atoms with E-state index < -0.39 is 5.60 Å². The number of likely N-dealkylation sites (tertiary alicyclic amines) is 1. The van der Waals surface area contributed by atoms with Gasteiger partial charge in [0.2, 0.25) is 5.91 Å². The zero-order chi connectivity index (χ0) is 21.8. The topological polar surface area (TPSA) is 74.1 Å². The first-order chi connectivity index (χ1) is 14.9. The average molecular weight is 428 g/mol. The molecule has 0 bridgehead atoms. The van der Waals surface area contributed by atoms with E-state index >= 15 is 0 Å². The van der Waals surface area contributed by atoms with E-state index in [9.17, 15) is 9.90 Å². The zero-order valence-electron chi connectivity index (χ0n) is 18.5. The highest BCUT2D eigenvalue weighted by Crippen LogP contribution is 2.25. The van der Waals surface area contributed by atoms with Crippen LogP contribution in [0.25, 0.3) is 0 Å². The largest absolute Gasteiger partial charge is 0.486 e. The summed E-state index contributed by atoms with van der Waals surface area (Å²) >= 11 is 0. The summed E-state index contributed by atoms with van der Waals surface area (Å²) in [5, 5.41) is 11.1. The lowest BCUT2D eigenvalue weighted by Gasteiger charge is -2.38. The molecule has 1 N–H and O–H groups in total. The van der Waals surface area contributed by atoms with E-state index in [0.29, 0.717) is 19.7 Å². The summed E-state index contributed by atoms with van der Waals surface area (Å²) in [6.45, 7) is 8.31. The van der Waals surface area contributed by atoms with Gasteiger partial charge in [0.05, 0.1) is 5.60 Å². The van der Waals surface area contributed by atoms with Gasteiger partial charge in [0, 0.05) is 78.7 Å². The molecule has 2 aliphatic heterocycles. The number of piperazine rings is 1. The molecule has 0 radical (unpaired) electrons. The van der Waals surface area contributed by atoms with Crippen molar-refractivity contribution in [3.8, 4) is 5.75 Å². The van der Waals surface area contributed by atoms with Crippen molar-refractivity contribution in [3.63, 3.8) is 0 Å². The molecule has 1 aromatic carbocycles. The second-order valence-electron chi connectivity index (χ2n) is 8.85. The molecule has 168 valence electrons. The highest BCUT2D eigenvalue weighted by molar-refractivity contribution is 5.73. The van der Waals surface area contributed by atoms with Gasteiger partial charge in [-0.3, -0.25) is 14.6 Å². The molecule has 31 heavy (non-hydrogen) atoms. The quantitative estimate of drug-likeness (QED) is 0.713. The maximum Gasteiger partial charge on any atom is 0.219 e. The number of nitrogens with zero attached hydrogens (tertiary/aromatic N) is 5. The van der Waals surface area contributed by atoms with Crippen LogP contribution < -0.4 is 4.74 Å². The number of rotatable bonds is 7. The monoisotopic (exact) mass is 427 g/mol. The van der Waals surface area contributed by atoms with Crippen LogP contribution in [-0.4, -0.2) is 86.7 Å². The molecule has 2 aliphatic rings. The normalized spacial score (nSPS) is 22.7. The van der Waals surface area contributed by atoms with Gasteiger partial charge in [-0.25, -0.2) is 4.98 Å². The minimum atomic E-state index is -0.677. The summed E-state index contributed by atoms with van der Waals surface area (Å²) in [7, 11) is 1.96. The third-order valence-electron chi connectivity index (χ3n) is 6.37. The molecule has 0 spiro atoms. The predicted molar refractivity (Wildman–Crippen MR) is 118 cm³/mol. The molecule has 4 rings (SSSR count). The lowest BCUT2D eigenvalue weighted by molar-refractivity contribution is -0.130. The van der Waals surface area contributed by atoms with E-state index in [-0.39, 0.29) is 5.91 Å². The Morgan fingerprint density at radius 1 is 1.13 bits per heavy atom. The van der Waals surface area contributed by atoms with Crippen LogP contribution in [0.5, 0.6) is 5.75 Å². The molecule has 1 atom stereocenters. The van der Waals surface area contributed by atoms with Crippen LogP contribution in [0.4, 0.5) is 0 Å². The van der Waals surface area contributed by atoms with Crippen LogP contribution in [0.2, 0.25) is 0 Å². The molecular weight excluding hydrogens is 394 g/mol. The van der Waals surface area contributed by atoms with Gasteiger partial charge < -0.3 is 19.3 Å². The first-order valence-electron chi connectivity index (χ1n) is 11.0. The number of aromatic nitrogens is 2. The van der Waals surface area contributed by atoms with Crippen LogP contribution >= 0.6 is 0 Å². The first-order valence-corrected chi connectivity index (χ1v) is 11.0. The van der Waals surface area contributed by atoms with Crippen LogP contribution in [-0.2, 0) is 25.0 Å². The van der Waals surface area contributed by atoms with Crippen LogP contribution in [0.1, 0.15) is 24.7 Å². The lowest BCUT2D eigenvalue weighted by Crippen LogP contribution is -2.53. The summed E-state index contributed by atoms with van der Waals surface area (Å²) < 4.78 is 7.78. The van der Waals surface area contributed by atoms with Crippen molar-refractivity contribution < 1.29 is 14.6 Å². The first kappa shape index (κ1) is 21.8. The molecule has 0 saturated carbocycles. The number of aliphatic hydroxyl groups is 1. The Balaban J connectivity index is 1.23. The summed E-state index contributed by atoms with van der Waals surface area (Å²) in [5.41, 5.74) is 0.535. The van der Waals surface area contributed by atoms with Gasteiger partial charge in [0.15, 0.2) is 0 Å². The number of aryl methyl sites for hydroxylation is 1. The predicted octanol–water partition coefficient (Wildman–Crippen LogP) is 1.10. The van der Waals surface area contributed by atoms with Gasteiger partial charge in [-0.05, 0) is 24.1 Å². The number of carbonyl (C=O) groups is 1. The Bertz CT molecular complexity index is 876. The van der Waals surface area contributed by atoms with Gasteiger partial charge in [0.1, 0.15) is 18.2 Å². The Hall–Kier alpha value is -2.42. The van der Waals surface area contributed by atoms with E-state index in [4.69, 9.17) is 4.74 Å². The van der Waals surface area contributed by atoms with Crippen molar-refractivity contribution in [3.05, 3.63) is 48.0 Å². The zero-order valence-corrected chi connectivity index (χ0v) is 18.5. The summed E-state index contributed by atoms with van der Waals surface area (Å²) in [6, 6.07) is 8.17. The number of ether oxygens (including phenoxy) is 1. The highest BCUT2D eigenvalue weighted by Gasteiger charge is 2.38. The van der Waals surface area contributed by atoms with Crippen molar-refractivity contribution in [1.82, 2.24) is 24.3 Å². The van der Waals surface area contributed by atoms with Crippen molar-refractivity contribution in [2.75, 3.05) is 45.8 Å². The fourth-order valence-corrected chi connectivity index (χ4v) is 4.47. The smallest absolute Gasteiger partial charge is 0.219 e. The second kappa shape index (κ2) is 9.38. The third kappa shape index (κ3) is 5.64. The molecule has 8 heteroatoms. The van der Waals surface area contributed by atoms with E-state index in [1.165, 1.54) is 5.56 Å². The van der Waals surface area contributed by atoms with Crippen molar-refractivity contribution in [2.24, 2.45) is 7.05 Å². The Morgan fingerprint density at radius 2 is 1.87 bits per heavy atom. The fraction of sp³-hybridized carbons (Fsp3) is 0.565. The summed E-state index contributed by atoms with van der Waals surface area (Å²) in [4.78, 5) is 22.2. The summed E-state index contributed by atoms with van der Waals surface area (Å²) in [6.07, 6.45) is 4.46. The maximum absolute atomic E-state index is 11.5. The van der Waals surface area contributed by atoms with Crippen LogP contribution in [0, 0.1) is 0 Å². The summed E-state index contributed by atoms with van der Waals surface area (Å²) in [5.74, 6) is 1.86. The Kier molecular flexibility index (Phi) is 6.60. The molecule has 3 heterocycles. The number of hydrogen-bond acceptors (Lipinski definition) is 6. The maximum atomic E-state index is 11.5. The molecule has 2 aromatic rings. The molecule has 1 aromatic heterocycles. The van der Waals surface area contributed by atoms with Crippen molar-refractivity contribution in [2.45, 2.75) is 32.1 Å². The molecule has 1 amide bonds. The number of hydrogen-bond donors (Lipinski definition) is 1. The minimum absolute atomic E-state index is 0.137. The number of amides is 1. The van der Waals surface area contributed by atoms with Crippen LogP contribution in [0.15, 0.2) is 36.7 Å². The highest BCUT2D eigenvalue weighted by atomic mass is 16.5. The van der Waals surface area contributed by atoms with Crippen molar-refractivity contribution in [1.29, 1.82) is 0 Å². The SMILES string of the molecule is CC(=O)N1CCN(CC2(O)CCN(Cc3ccc(OCc4nccn4C)cc3)C2)CC1. The number of benzene rings is 1. The number of β-amino-alcohol motifs (C(OH)–C–C–N with tert-alkyl or cyclic N) is 1. The molecule has 2 fully saturated rings. The minimum Gasteiger partial charge on any atom is -0.486 e. The van der Waals surface area contributed by atoms with Gasteiger partial charge in [-0.1, -0.05) is 12.1 Å². The molecule has 8 nitrogen and oxygen atoms in total. The van der Waals surface area contributed by atoms with E-state index in [1.54, 1.807) is 13.1 Å². The number of carbonyl (C=O) groups excluding carboxylic acids is 1. The van der Waals surface area contributed by atoms with Crippen LogP contribution in [0.3, 0.4) is 0 Å². The number of imidazole rings is 1. The molecular formula is C23H33N5O3. The average Bonchev–Trinajstić information content (AvgIpc) is 3.33. The van der Waals surface area contributed by atoms with Gasteiger partial charge in [-0.2, -0.15) is 0 Å². The lowest BCUT2D eigenvalue weighted by atomic mass is 10.0. The molecule has 0 aliphatic carbocycles. The molecule has 1 unspecified atom stereocenters. The third-order valence-corrected chi connectivity index (χ3v) is 6.37. The Morgan fingerprint density at radius 3 is 2.52 bits per heavy atom. The van der Waals surface area contributed by atoms with Crippen molar-refractivity contribution >= 4 is 5.91 Å². The van der Waals surface area contributed by atoms with Gasteiger partial charge >= 0.3 is 0 Å². The standard InChI is InChI=1S/C23H33N5O3/c1-19(29)28-13-11-26(12-14-28)17-23(30)7-9-27(18-23)15-20-3-5-21(6-4-20)31-16-22-24-8-10-25(22)2/h3-6,8,10,30H,7,9,11-18H2,1-2H3. The second-order valence-corrected chi connectivity index (χ2v) is 8.85. The molecule has 2 saturated heterocycles. The van der Waals surface area contributed by atoms with E-state index in [1.807, 2.05) is 34.8 Å². The van der Waals surface area contributed by atoms with Gasteiger partial charge in [-0.15, -0.1) is 0 Å². The van der Waals surface area contributed by atoms with E-state index in [2.05, 4.69) is 26.9 Å².